The second-order valence-corrected chi connectivity index (χ2v) is 3.32. The molecule has 98 valence electrons. The maximum atomic E-state index is 11.3. The summed E-state index contributed by atoms with van der Waals surface area (Å²) in [6.07, 6.45) is 0. The highest BCUT2D eigenvalue weighted by Crippen LogP contribution is 2.16. The van der Waals surface area contributed by atoms with Crippen LogP contribution in [0.2, 0.25) is 0 Å². The zero-order chi connectivity index (χ0) is 13.4. The minimum atomic E-state index is -0.507. The normalized spacial score (nSPS) is 9.44. The molecule has 1 N–H and O–H groups in total. The van der Waals surface area contributed by atoms with Crippen LogP contribution < -0.4 is 14.8 Å². The zero-order valence-corrected chi connectivity index (χ0v) is 10.3. The molecule has 0 fully saturated rings. The van der Waals surface area contributed by atoms with Crippen molar-refractivity contribution >= 4 is 11.9 Å². The molecule has 0 bridgehead atoms. The number of nitrogens with one attached hydrogen (secondary N) is 1. The first kappa shape index (κ1) is 13.8. The van der Waals surface area contributed by atoms with Gasteiger partial charge in [-0.15, -0.1) is 0 Å². The van der Waals surface area contributed by atoms with Gasteiger partial charge in [0, 0.05) is 0 Å². The standard InChI is InChI=1S/C12H15NO5/c1-16-9-3-5-10(6-4-9)18-8-11(14)13-7-12(15)17-2/h3-6H,7-8H2,1-2H3,(H,13,14). The first-order valence-corrected chi connectivity index (χ1v) is 5.26. The Morgan fingerprint density at radius 2 is 1.72 bits per heavy atom. The minimum Gasteiger partial charge on any atom is -0.497 e. The van der Waals surface area contributed by atoms with Crippen LogP contribution in [0.3, 0.4) is 0 Å². The molecule has 1 rings (SSSR count). The van der Waals surface area contributed by atoms with E-state index in [4.69, 9.17) is 9.47 Å². The van der Waals surface area contributed by atoms with E-state index in [1.54, 1.807) is 31.4 Å². The molecule has 0 spiro atoms. The Balaban J connectivity index is 2.31. The molecule has 0 aliphatic rings. The molecule has 0 aliphatic heterocycles. The van der Waals surface area contributed by atoms with Gasteiger partial charge in [-0.05, 0) is 24.3 Å². The fourth-order valence-electron chi connectivity index (χ4n) is 1.11. The average Bonchev–Trinajstić information content (AvgIpc) is 2.42. The summed E-state index contributed by atoms with van der Waals surface area (Å²) in [6.45, 7) is -0.329. The quantitative estimate of drug-likeness (QED) is 0.741. The summed E-state index contributed by atoms with van der Waals surface area (Å²) in [5, 5.41) is 2.36. The molecule has 0 aliphatic carbocycles. The van der Waals surface area contributed by atoms with Crippen molar-refractivity contribution in [2.24, 2.45) is 0 Å². The van der Waals surface area contributed by atoms with Gasteiger partial charge in [-0.3, -0.25) is 9.59 Å². The van der Waals surface area contributed by atoms with E-state index in [1.807, 2.05) is 0 Å². The van der Waals surface area contributed by atoms with Crippen LogP contribution in [0.15, 0.2) is 24.3 Å². The van der Waals surface area contributed by atoms with E-state index in [0.29, 0.717) is 11.5 Å². The van der Waals surface area contributed by atoms with Crippen LogP contribution in [0.4, 0.5) is 0 Å². The molecular formula is C12H15NO5. The van der Waals surface area contributed by atoms with Crippen molar-refractivity contribution in [2.75, 3.05) is 27.4 Å². The van der Waals surface area contributed by atoms with Crippen LogP contribution in [0, 0.1) is 0 Å². The van der Waals surface area contributed by atoms with E-state index >= 15 is 0 Å². The third-order valence-corrected chi connectivity index (χ3v) is 2.09. The van der Waals surface area contributed by atoms with Crippen molar-refractivity contribution in [2.45, 2.75) is 0 Å². The second-order valence-electron chi connectivity index (χ2n) is 3.32. The first-order valence-electron chi connectivity index (χ1n) is 5.26. The number of hydrogen-bond acceptors (Lipinski definition) is 5. The smallest absolute Gasteiger partial charge is 0.325 e. The number of benzene rings is 1. The third-order valence-electron chi connectivity index (χ3n) is 2.09. The maximum absolute atomic E-state index is 11.3. The summed E-state index contributed by atoms with van der Waals surface area (Å²) in [7, 11) is 2.82. The number of esters is 1. The Morgan fingerprint density at radius 1 is 1.11 bits per heavy atom. The molecule has 0 atom stereocenters. The van der Waals surface area contributed by atoms with Crippen molar-refractivity contribution in [1.29, 1.82) is 0 Å². The molecule has 0 aromatic heterocycles. The summed E-state index contributed by atoms with van der Waals surface area (Å²) in [6, 6.07) is 6.82. The lowest BCUT2D eigenvalue weighted by Crippen LogP contribution is -2.33. The Morgan fingerprint density at radius 3 is 2.28 bits per heavy atom. The number of methoxy groups -OCH3 is 2. The molecule has 0 radical (unpaired) electrons. The van der Waals surface area contributed by atoms with Gasteiger partial charge in [-0.1, -0.05) is 0 Å². The summed E-state index contributed by atoms with van der Waals surface area (Å²) >= 11 is 0. The molecule has 0 saturated heterocycles. The van der Waals surface area contributed by atoms with Crippen molar-refractivity contribution in [3.63, 3.8) is 0 Å². The van der Waals surface area contributed by atoms with Crippen LogP contribution in [-0.4, -0.2) is 39.2 Å². The zero-order valence-electron chi connectivity index (χ0n) is 10.3. The summed E-state index contributed by atoms with van der Waals surface area (Å²) in [5.41, 5.74) is 0. The van der Waals surface area contributed by atoms with Gasteiger partial charge in [-0.2, -0.15) is 0 Å². The fourth-order valence-corrected chi connectivity index (χ4v) is 1.11. The van der Waals surface area contributed by atoms with E-state index in [2.05, 4.69) is 10.1 Å². The van der Waals surface area contributed by atoms with Crippen LogP contribution in [0.1, 0.15) is 0 Å². The predicted molar refractivity (Wildman–Crippen MR) is 63.5 cm³/mol. The van der Waals surface area contributed by atoms with E-state index in [0.717, 1.165) is 0 Å². The molecule has 1 amide bonds. The van der Waals surface area contributed by atoms with Gasteiger partial charge < -0.3 is 19.5 Å². The number of rotatable bonds is 6. The molecule has 1 aromatic carbocycles. The number of amides is 1. The van der Waals surface area contributed by atoms with Gasteiger partial charge in [0.1, 0.15) is 18.0 Å². The lowest BCUT2D eigenvalue weighted by atomic mass is 10.3. The minimum absolute atomic E-state index is 0.163. The Bertz CT molecular complexity index is 401. The SMILES string of the molecule is COC(=O)CNC(=O)COc1ccc(OC)cc1. The summed E-state index contributed by atoms with van der Waals surface area (Å²) < 4.78 is 14.6. The Hall–Kier alpha value is -2.24. The van der Waals surface area contributed by atoms with E-state index < -0.39 is 11.9 Å². The molecule has 0 saturated carbocycles. The van der Waals surface area contributed by atoms with Crippen LogP contribution in [-0.2, 0) is 14.3 Å². The van der Waals surface area contributed by atoms with E-state index in [-0.39, 0.29) is 13.2 Å². The van der Waals surface area contributed by atoms with Gasteiger partial charge in [-0.25, -0.2) is 0 Å². The van der Waals surface area contributed by atoms with Crippen LogP contribution >= 0.6 is 0 Å². The molecular weight excluding hydrogens is 238 g/mol. The van der Waals surface area contributed by atoms with Crippen molar-refractivity contribution in [3.05, 3.63) is 24.3 Å². The number of carbonyl (C=O) groups excluding carboxylic acids is 2. The molecule has 0 heterocycles. The van der Waals surface area contributed by atoms with Crippen LogP contribution in [0.5, 0.6) is 11.5 Å². The highest BCUT2D eigenvalue weighted by atomic mass is 16.5. The predicted octanol–water partition coefficient (Wildman–Crippen LogP) is 0.363. The Kier molecular flexibility index (Phi) is 5.50. The number of carbonyl (C=O) groups is 2. The van der Waals surface area contributed by atoms with E-state index in [1.165, 1.54) is 7.11 Å². The van der Waals surface area contributed by atoms with Gasteiger partial charge in [0.25, 0.3) is 5.91 Å². The lowest BCUT2D eigenvalue weighted by Gasteiger charge is -2.07. The lowest BCUT2D eigenvalue weighted by molar-refractivity contribution is -0.141. The first-order chi connectivity index (χ1) is 8.65. The highest BCUT2D eigenvalue weighted by Gasteiger charge is 2.05. The largest absolute Gasteiger partial charge is 0.497 e. The molecule has 0 unspecified atom stereocenters. The topological polar surface area (TPSA) is 73.9 Å². The molecule has 18 heavy (non-hydrogen) atoms. The number of ether oxygens (including phenoxy) is 3. The highest BCUT2D eigenvalue weighted by molar-refractivity contribution is 5.82. The van der Waals surface area contributed by atoms with Crippen molar-refractivity contribution in [3.8, 4) is 11.5 Å². The Labute approximate surface area is 105 Å². The molecule has 6 heteroatoms. The second kappa shape index (κ2) is 7.16. The maximum Gasteiger partial charge on any atom is 0.325 e. The number of hydrogen-bond donors (Lipinski definition) is 1. The van der Waals surface area contributed by atoms with Crippen LogP contribution in [0.25, 0.3) is 0 Å². The average molecular weight is 253 g/mol. The third kappa shape index (κ3) is 4.73. The van der Waals surface area contributed by atoms with Gasteiger partial charge >= 0.3 is 5.97 Å². The summed E-state index contributed by atoms with van der Waals surface area (Å²) in [4.78, 5) is 22.1. The fraction of sp³-hybridized carbons (Fsp3) is 0.333. The molecule has 1 aromatic rings. The van der Waals surface area contributed by atoms with E-state index in [9.17, 15) is 9.59 Å². The van der Waals surface area contributed by atoms with Crippen molar-refractivity contribution < 1.29 is 23.8 Å². The van der Waals surface area contributed by atoms with Crippen molar-refractivity contribution in [1.82, 2.24) is 5.32 Å². The summed E-state index contributed by atoms with van der Waals surface area (Å²) in [5.74, 6) is 0.352. The molecule has 6 nitrogen and oxygen atoms in total. The monoisotopic (exact) mass is 253 g/mol. The van der Waals surface area contributed by atoms with Gasteiger partial charge in [0.2, 0.25) is 0 Å². The van der Waals surface area contributed by atoms with Gasteiger partial charge in [0.15, 0.2) is 6.61 Å². The van der Waals surface area contributed by atoms with Gasteiger partial charge in [0.05, 0.1) is 14.2 Å².